The lowest BCUT2D eigenvalue weighted by atomic mass is 9.99. The maximum absolute atomic E-state index is 12.2. The van der Waals surface area contributed by atoms with E-state index in [9.17, 15) is 4.79 Å². The van der Waals surface area contributed by atoms with Gasteiger partial charge >= 0.3 is 0 Å². The van der Waals surface area contributed by atoms with E-state index in [1.165, 1.54) is 0 Å². The number of likely N-dealkylation sites (tertiary alicyclic amines) is 1. The maximum atomic E-state index is 12.2. The molecule has 2 saturated heterocycles. The summed E-state index contributed by atoms with van der Waals surface area (Å²) < 4.78 is 5.56. The Morgan fingerprint density at radius 1 is 1.24 bits per heavy atom. The van der Waals surface area contributed by atoms with Gasteiger partial charge in [-0.3, -0.25) is 14.7 Å². The standard InChI is InChI=1S/C20H25N3O2/c1-2-25-18-8-9-19-14(10-18)6-7-17(21-19)13-23-11-15-4-3-5-16(12-23)22-20(15)24/h6-10,15-16H,2-5,11-13H2,1H3,(H,22,24). The van der Waals surface area contributed by atoms with Crippen LogP contribution >= 0.6 is 0 Å². The smallest absolute Gasteiger partial charge is 0.224 e. The number of ether oxygens (including phenoxy) is 1. The van der Waals surface area contributed by atoms with E-state index in [1.807, 2.05) is 25.1 Å². The molecule has 2 fully saturated rings. The van der Waals surface area contributed by atoms with Crippen LogP contribution in [0.4, 0.5) is 0 Å². The zero-order valence-electron chi connectivity index (χ0n) is 14.7. The highest BCUT2D eigenvalue weighted by atomic mass is 16.5. The Balaban J connectivity index is 1.52. The van der Waals surface area contributed by atoms with Gasteiger partial charge in [-0.1, -0.05) is 12.5 Å². The van der Waals surface area contributed by atoms with Crippen LogP contribution in [-0.4, -0.2) is 41.5 Å². The molecule has 2 aromatic rings. The molecule has 5 nitrogen and oxygen atoms in total. The molecule has 4 rings (SSSR count). The third-order valence-electron chi connectivity index (χ3n) is 5.19. The van der Waals surface area contributed by atoms with Crippen molar-refractivity contribution in [1.29, 1.82) is 0 Å². The van der Waals surface area contributed by atoms with E-state index < -0.39 is 0 Å². The number of carbonyl (C=O) groups is 1. The van der Waals surface area contributed by atoms with Crippen LogP contribution in [0.25, 0.3) is 10.9 Å². The second kappa shape index (κ2) is 7.00. The van der Waals surface area contributed by atoms with Crippen molar-refractivity contribution in [2.24, 2.45) is 5.92 Å². The highest BCUT2D eigenvalue weighted by molar-refractivity contribution is 5.80. The molecule has 0 spiro atoms. The van der Waals surface area contributed by atoms with Gasteiger partial charge in [0.2, 0.25) is 5.91 Å². The average molecular weight is 339 g/mol. The van der Waals surface area contributed by atoms with Crippen molar-refractivity contribution in [3.63, 3.8) is 0 Å². The lowest BCUT2D eigenvalue weighted by Crippen LogP contribution is -2.38. The maximum Gasteiger partial charge on any atom is 0.224 e. The van der Waals surface area contributed by atoms with Gasteiger partial charge in [-0.2, -0.15) is 0 Å². The Bertz CT molecular complexity index is 777. The summed E-state index contributed by atoms with van der Waals surface area (Å²) in [6.07, 6.45) is 3.24. The lowest BCUT2D eigenvalue weighted by molar-refractivity contribution is -0.124. The third-order valence-corrected chi connectivity index (χ3v) is 5.19. The second-order valence-electron chi connectivity index (χ2n) is 7.12. The molecule has 2 bridgehead atoms. The number of benzene rings is 1. The third kappa shape index (κ3) is 3.61. The average Bonchev–Trinajstić information content (AvgIpc) is 2.84. The topological polar surface area (TPSA) is 54.5 Å². The van der Waals surface area contributed by atoms with Gasteiger partial charge in [0, 0.05) is 31.1 Å². The van der Waals surface area contributed by atoms with Crippen molar-refractivity contribution in [2.75, 3.05) is 19.7 Å². The number of hydrogen-bond donors (Lipinski definition) is 1. The predicted octanol–water partition coefficient (Wildman–Crippen LogP) is 2.73. The van der Waals surface area contributed by atoms with Crippen molar-refractivity contribution < 1.29 is 9.53 Å². The molecule has 1 amide bonds. The zero-order chi connectivity index (χ0) is 17.2. The predicted molar refractivity (Wildman–Crippen MR) is 97.5 cm³/mol. The van der Waals surface area contributed by atoms with Gasteiger partial charge in [0.15, 0.2) is 0 Å². The summed E-state index contributed by atoms with van der Waals surface area (Å²) in [5, 5.41) is 4.29. The van der Waals surface area contributed by atoms with Gasteiger partial charge in [-0.25, -0.2) is 0 Å². The van der Waals surface area contributed by atoms with Gasteiger partial charge in [0.05, 0.1) is 23.7 Å². The molecule has 132 valence electrons. The van der Waals surface area contributed by atoms with Gasteiger partial charge < -0.3 is 10.1 Å². The van der Waals surface area contributed by atoms with Crippen LogP contribution in [0.1, 0.15) is 31.9 Å². The first-order valence-electron chi connectivity index (χ1n) is 9.26. The fourth-order valence-corrected chi connectivity index (χ4v) is 3.99. The van der Waals surface area contributed by atoms with Crippen molar-refractivity contribution in [2.45, 2.75) is 38.8 Å². The molecule has 3 heterocycles. The van der Waals surface area contributed by atoms with Crippen LogP contribution in [0.3, 0.4) is 0 Å². The SMILES string of the molecule is CCOc1ccc2nc(CN3CC4CCCC(C3)C(=O)N4)ccc2c1. The van der Waals surface area contributed by atoms with Gasteiger partial charge in [0.1, 0.15) is 5.75 Å². The van der Waals surface area contributed by atoms with Gasteiger partial charge in [-0.05, 0) is 44.0 Å². The summed E-state index contributed by atoms with van der Waals surface area (Å²) in [6, 6.07) is 10.5. The summed E-state index contributed by atoms with van der Waals surface area (Å²) in [6.45, 7) is 5.21. The molecule has 2 aliphatic rings. The molecule has 1 N–H and O–H groups in total. The minimum atomic E-state index is 0.127. The number of nitrogens with one attached hydrogen (secondary N) is 1. The minimum absolute atomic E-state index is 0.127. The van der Waals surface area contributed by atoms with Crippen molar-refractivity contribution >= 4 is 16.8 Å². The Morgan fingerprint density at radius 3 is 3.04 bits per heavy atom. The van der Waals surface area contributed by atoms with Crippen LogP contribution in [0.15, 0.2) is 30.3 Å². The Labute approximate surface area is 148 Å². The van der Waals surface area contributed by atoms with E-state index in [1.54, 1.807) is 0 Å². The molecule has 1 aromatic carbocycles. The molecular weight excluding hydrogens is 314 g/mol. The van der Waals surface area contributed by atoms with E-state index in [4.69, 9.17) is 9.72 Å². The molecule has 5 heteroatoms. The van der Waals surface area contributed by atoms with Crippen LogP contribution in [0.2, 0.25) is 0 Å². The lowest BCUT2D eigenvalue weighted by Gasteiger charge is -2.27. The summed E-state index contributed by atoms with van der Waals surface area (Å²) in [7, 11) is 0. The highest BCUT2D eigenvalue weighted by Gasteiger charge is 2.32. The molecule has 2 unspecified atom stereocenters. The van der Waals surface area contributed by atoms with Crippen LogP contribution in [-0.2, 0) is 11.3 Å². The number of fused-ring (bicyclic) bond motifs is 4. The van der Waals surface area contributed by atoms with E-state index >= 15 is 0 Å². The van der Waals surface area contributed by atoms with Crippen molar-refractivity contribution in [3.8, 4) is 5.75 Å². The Hall–Kier alpha value is -2.14. The molecule has 25 heavy (non-hydrogen) atoms. The number of rotatable bonds is 4. The molecule has 0 radical (unpaired) electrons. The molecule has 0 aliphatic carbocycles. The van der Waals surface area contributed by atoms with E-state index in [0.29, 0.717) is 6.61 Å². The largest absolute Gasteiger partial charge is 0.494 e. The number of nitrogens with zero attached hydrogens (tertiary/aromatic N) is 2. The fourth-order valence-electron chi connectivity index (χ4n) is 3.99. The normalized spacial score (nSPS) is 24.0. The monoisotopic (exact) mass is 339 g/mol. The molecule has 1 aromatic heterocycles. The second-order valence-corrected chi connectivity index (χ2v) is 7.12. The quantitative estimate of drug-likeness (QED) is 0.931. The summed E-state index contributed by atoms with van der Waals surface area (Å²) in [4.78, 5) is 19.4. The number of pyridine rings is 1. The molecule has 2 atom stereocenters. The van der Waals surface area contributed by atoms with E-state index in [-0.39, 0.29) is 17.9 Å². The molecule has 2 aliphatic heterocycles. The zero-order valence-corrected chi connectivity index (χ0v) is 14.7. The van der Waals surface area contributed by atoms with Gasteiger partial charge in [0.25, 0.3) is 0 Å². The molecular formula is C20H25N3O2. The highest BCUT2D eigenvalue weighted by Crippen LogP contribution is 2.24. The summed E-state index contributed by atoms with van der Waals surface area (Å²) in [5.41, 5.74) is 2.05. The number of carbonyl (C=O) groups excluding carboxylic acids is 1. The van der Waals surface area contributed by atoms with Crippen LogP contribution in [0.5, 0.6) is 5.75 Å². The number of aromatic nitrogens is 1. The Kier molecular flexibility index (Phi) is 4.57. The number of hydrogen-bond acceptors (Lipinski definition) is 4. The van der Waals surface area contributed by atoms with E-state index in [0.717, 1.165) is 61.2 Å². The van der Waals surface area contributed by atoms with Crippen LogP contribution < -0.4 is 10.1 Å². The van der Waals surface area contributed by atoms with Crippen molar-refractivity contribution in [1.82, 2.24) is 15.2 Å². The van der Waals surface area contributed by atoms with Gasteiger partial charge in [-0.15, -0.1) is 0 Å². The first-order chi connectivity index (χ1) is 12.2. The van der Waals surface area contributed by atoms with Crippen LogP contribution in [0, 0.1) is 5.92 Å². The molecule has 0 saturated carbocycles. The van der Waals surface area contributed by atoms with Crippen molar-refractivity contribution in [3.05, 3.63) is 36.0 Å². The first-order valence-corrected chi connectivity index (χ1v) is 9.26. The summed E-state index contributed by atoms with van der Waals surface area (Å²) >= 11 is 0. The first kappa shape index (κ1) is 16.3. The summed E-state index contributed by atoms with van der Waals surface area (Å²) in [5.74, 6) is 1.25. The minimum Gasteiger partial charge on any atom is -0.494 e. The number of amides is 1. The fraction of sp³-hybridized carbons (Fsp3) is 0.500. The Morgan fingerprint density at radius 2 is 2.16 bits per heavy atom. The van der Waals surface area contributed by atoms with E-state index in [2.05, 4.69) is 22.3 Å².